The summed E-state index contributed by atoms with van der Waals surface area (Å²) in [5, 5.41) is 8.79. The van der Waals surface area contributed by atoms with Crippen LogP contribution in [0.3, 0.4) is 0 Å². The van der Waals surface area contributed by atoms with E-state index in [-0.39, 0.29) is 12.0 Å². The fraction of sp³-hybridized carbons (Fsp3) is 0.889. The number of rotatable bonds is 3. The molecule has 0 radical (unpaired) electrons. The van der Waals surface area contributed by atoms with Crippen LogP contribution in [-0.4, -0.2) is 6.04 Å². The monoisotopic (exact) mass is 154 g/mol. The molecule has 2 heteroatoms. The summed E-state index contributed by atoms with van der Waals surface area (Å²) in [4.78, 5) is 0. The average Bonchev–Trinajstić information content (AvgIpc) is 1.88. The summed E-state index contributed by atoms with van der Waals surface area (Å²) in [6, 6.07) is 2.27. The highest BCUT2D eigenvalue weighted by Gasteiger charge is 2.22. The van der Waals surface area contributed by atoms with Crippen molar-refractivity contribution in [2.24, 2.45) is 23.5 Å². The third-order valence-electron chi connectivity index (χ3n) is 2.05. The molecule has 0 aliphatic rings. The van der Waals surface area contributed by atoms with Crippen molar-refractivity contribution in [2.75, 3.05) is 0 Å². The molecule has 0 rings (SSSR count). The Labute approximate surface area is 69.4 Å². The molecule has 2 atom stereocenters. The van der Waals surface area contributed by atoms with Crippen molar-refractivity contribution in [3.63, 3.8) is 0 Å². The first kappa shape index (κ1) is 10.4. The van der Waals surface area contributed by atoms with E-state index < -0.39 is 0 Å². The second-order valence-electron chi connectivity index (χ2n) is 3.72. The zero-order valence-corrected chi connectivity index (χ0v) is 7.83. The lowest BCUT2D eigenvalue weighted by molar-refractivity contribution is 0.329. The molecular weight excluding hydrogens is 136 g/mol. The molecule has 0 saturated carbocycles. The quantitative estimate of drug-likeness (QED) is 0.673. The van der Waals surface area contributed by atoms with Crippen molar-refractivity contribution >= 4 is 0 Å². The van der Waals surface area contributed by atoms with Crippen molar-refractivity contribution in [3.8, 4) is 6.07 Å². The highest BCUT2D eigenvalue weighted by Crippen LogP contribution is 2.17. The Morgan fingerprint density at radius 1 is 1.09 bits per heavy atom. The second-order valence-corrected chi connectivity index (χ2v) is 3.72. The number of hydrogen-bond acceptors (Lipinski definition) is 2. The molecule has 64 valence electrons. The lowest BCUT2D eigenvalue weighted by Crippen LogP contribution is -2.36. The number of nitrogens with zero attached hydrogens (tertiary/aromatic N) is 1. The summed E-state index contributed by atoms with van der Waals surface area (Å²) in [5.74, 6) is 0.745. The molecule has 0 saturated heterocycles. The van der Waals surface area contributed by atoms with Gasteiger partial charge in [0.15, 0.2) is 0 Å². The van der Waals surface area contributed by atoms with Crippen molar-refractivity contribution in [1.82, 2.24) is 0 Å². The first-order valence-electron chi connectivity index (χ1n) is 4.16. The van der Waals surface area contributed by atoms with E-state index in [1.54, 1.807) is 0 Å². The largest absolute Gasteiger partial charge is 0.326 e. The van der Waals surface area contributed by atoms with Crippen LogP contribution in [0.15, 0.2) is 0 Å². The Morgan fingerprint density at radius 2 is 1.55 bits per heavy atom. The van der Waals surface area contributed by atoms with E-state index in [0.717, 1.165) is 0 Å². The third-order valence-corrected chi connectivity index (χ3v) is 2.05. The number of hydrogen-bond donors (Lipinski definition) is 1. The molecule has 2 N–H and O–H groups in total. The first-order chi connectivity index (χ1) is 5.00. The van der Waals surface area contributed by atoms with Gasteiger partial charge in [0.05, 0.1) is 12.0 Å². The summed E-state index contributed by atoms with van der Waals surface area (Å²) >= 11 is 0. The summed E-state index contributed by atoms with van der Waals surface area (Å²) < 4.78 is 0. The standard InChI is InChI=1S/C9H18N2/c1-6(2)8(5-10)9(11)7(3)4/h6-9H,11H2,1-4H3. The Morgan fingerprint density at radius 3 is 1.64 bits per heavy atom. The topological polar surface area (TPSA) is 49.8 Å². The van der Waals surface area contributed by atoms with Gasteiger partial charge < -0.3 is 5.73 Å². The molecule has 0 aliphatic carbocycles. The molecule has 0 fully saturated rings. The fourth-order valence-electron chi connectivity index (χ4n) is 1.09. The number of nitrogens with two attached hydrogens (primary N) is 1. The van der Waals surface area contributed by atoms with E-state index in [1.165, 1.54) is 0 Å². The molecule has 0 aromatic rings. The average molecular weight is 154 g/mol. The van der Waals surface area contributed by atoms with E-state index in [2.05, 4.69) is 19.9 Å². The third kappa shape index (κ3) is 2.90. The smallest absolute Gasteiger partial charge is 0.0674 e. The van der Waals surface area contributed by atoms with Gasteiger partial charge in [-0.3, -0.25) is 0 Å². The first-order valence-corrected chi connectivity index (χ1v) is 4.16. The van der Waals surface area contributed by atoms with Crippen LogP contribution < -0.4 is 5.73 Å². The zero-order chi connectivity index (χ0) is 9.02. The Bertz CT molecular complexity index is 144. The molecule has 0 heterocycles. The predicted molar refractivity (Wildman–Crippen MR) is 46.8 cm³/mol. The minimum absolute atomic E-state index is 0.00463. The van der Waals surface area contributed by atoms with Crippen molar-refractivity contribution in [2.45, 2.75) is 33.7 Å². The molecule has 0 aliphatic heterocycles. The summed E-state index contributed by atoms with van der Waals surface area (Å²) in [6.45, 7) is 8.18. The molecule has 0 spiro atoms. The molecule has 0 bridgehead atoms. The van der Waals surface area contributed by atoms with Crippen molar-refractivity contribution in [1.29, 1.82) is 5.26 Å². The number of nitriles is 1. The lowest BCUT2D eigenvalue weighted by Gasteiger charge is -2.23. The van der Waals surface area contributed by atoms with E-state index in [9.17, 15) is 0 Å². The van der Waals surface area contributed by atoms with Crippen LogP contribution in [0, 0.1) is 29.1 Å². The van der Waals surface area contributed by atoms with Crippen LogP contribution >= 0.6 is 0 Å². The van der Waals surface area contributed by atoms with Gasteiger partial charge in [-0.1, -0.05) is 27.7 Å². The molecule has 11 heavy (non-hydrogen) atoms. The molecule has 0 aromatic carbocycles. The van der Waals surface area contributed by atoms with Gasteiger partial charge in [0.2, 0.25) is 0 Å². The highest BCUT2D eigenvalue weighted by atomic mass is 14.7. The molecule has 2 nitrogen and oxygen atoms in total. The zero-order valence-electron chi connectivity index (χ0n) is 7.83. The van der Waals surface area contributed by atoms with E-state index in [0.29, 0.717) is 11.8 Å². The maximum atomic E-state index is 8.79. The Kier molecular flexibility index (Phi) is 4.14. The summed E-state index contributed by atoms with van der Waals surface area (Å²) in [6.07, 6.45) is 0. The van der Waals surface area contributed by atoms with E-state index in [1.807, 2.05) is 13.8 Å². The molecule has 0 aromatic heterocycles. The maximum Gasteiger partial charge on any atom is 0.0674 e. The van der Waals surface area contributed by atoms with Crippen molar-refractivity contribution < 1.29 is 0 Å². The van der Waals surface area contributed by atoms with Crippen LogP contribution in [0.2, 0.25) is 0 Å². The van der Waals surface area contributed by atoms with Crippen LogP contribution in [0.25, 0.3) is 0 Å². The second kappa shape index (κ2) is 4.35. The molecule has 0 amide bonds. The van der Waals surface area contributed by atoms with Gasteiger partial charge in [-0.15, -0.1) is 0 Å². The van der Waals surface area contributed by atoms with Crippen LogP contribution in [0.4, 0.5) is 0 Å². The SMILES string of the molecule is CC(C)C(N)C(C#N)C(C)C. The van der Waals surface area contributed by atoms with Gasteiger partial charge in [0.25, 0.3) is 0 Å². The fourth-order valence-corrected chi connectivity index (χ4v) is 1.09. The Balaban J connectivity index is 4.17. The van der Waals surface area contributed by atoms with Gasteiger partial charge in [-0.2, -0.15) is 5.26 Å². The van der Waals surface area contributed by atoms with E-state index in [4.69, 9.17) is 11.0 Å². The van der Waals surface area contributed by atoms with Crippen LogP contribution in [0.5, 0.6) is 0 Å². The lowest BCUT2D eigenvalue weighted by atomic mass is 9.84. The predicted octanol–water partition coefficient (Wildman–Crippen LogP) is 1.77. The van der Waals surface area contributed by atoms with E-state index >= 15 is 0 Å². The Hall–Kier alpha value is -0.550. The minimum Gasteiger partial charge on any atom is -0.326 e. The van der Waals surface area contributed by atoms with Crippen molar-refractivity contribution in [3.05, 3.63) is 0 Å². The van der Waals surface area contributed by atoms with Gasteiger partial charge >= 0.3 is 0 Å². The minimum atomic E-state index is -0.00463. The highest BCUT2D eigenvalue weighted by molar-refractivity contribution is 4.93. The maximum absolute atomic E-state index is 8.79. The van der Waals surface area contributed by atoms with Gasteiger partial charge in [-0.05, 0) is 11.8 Å². The molecular formula is C9H18N2. The molecule has 2 unspecified atom stereocenters. The van der Waals surface area contributed by atoms with Crippen LogP contribution in [0.1, 0.15) is 27.7 Å². The van der Waals surface area contributed by atoms with Gasteiger partial charge in [0.1, 0.15) is 0 Å². The summed E-state index contributed by atoms with van der Waals surface area (Å²) in [5.41, 5.74) is 5.85. The van der Waals surface area contributed by atoms with Gasteiger partial charge in [-0.25, -0.2) is 0 Å². The summed E-state index contributed by atoms with van der Waals surface area (Å²) in [7, 11) is 0. The van der Waals surface area contributed by atoms with Gasteiger partial charge in [0, 0.05) is 6.04 Å². The van der Waals surface area contributed by atoms with Crippen LogP contribution in [-0.2, 0) is 0 Å². The normalized spacial score (nSPS) is 16.5.